The highest BCUT2D eigenvalue weighted by Crippen LogP contribution is 2.18. The first-order valence-corrected chi connectivity index (χ1v) is 4.57. The molecule has 0 saturated carbocycles. The number of hydrogen-bond acceptors (Lipinski definition) is 4. The fourth-order valence-electron chi connectivity index (χ4n) is 0.979. The molecule has 1 aromatic heterocycles. The summed E-state index contributed by atoms with van der Waals surface area (Å²) in [5, 5.41) is 14.5. The van der Waals surface area contributed by atoms with E-state index in [9.17, 15) is 5.21 Å². The normalized spacial score (nSPS) is 10.8. The maximum Gasteiger partial charge on any atom is 0.248 e. The molecule has 5 heteroatoms. The van der Waals surface area contributed by atoms with Crippen molar-refractivity contribution in [2.24, 2.45) is 0 Å². The summed E-state index contributed by atoms with van der Waals surface area (Å²) in [4.78, 5) is 1.44. The summed E-state index contributed by atoms with van der Waals surface area (Å²) < 4.78 is 4.42. The lowest BCUT2D eigenvalue weighted by Crippen LogP contribution is -2.22. The Hall–Kier alpha value is -1.23. The van der Waals surface area contributed by atoms with Crippen LogP contribution < -0.4 is 4.90 Å². The molecule has 1 heterocycles. The van der Waals surface area contributed by atoms with Gasteiger partial charge in [0.05, 0.1) is 0 Å². The van der Waals surface area contributed by atoms with Crippen molar-refractivity contribution in [1.82, 2.24) is 5.16 Å². The summed E-state index contributed by atoms with van der Waals surface area (Å²) in [6.45, 7) is 0. The Morgan fingerprint density at radius 2 is 2.42 bits per heavy atom. The third-order valence-electron chi connectivity index (χ3n) is 1.59. The maximum atomic E-state index is 10.9. The van der Waals surface area contributed by atoms with Crippen LogP contribution in [0.1, 0.15) is 0 Å². The van der Waals surface area contributed by atoms with Crippen LogP contribution in [0, 0.1) is 5.21 Å². The van der Waals surface area contributed by atoms with E-state index in [1.165, 1.54) is 0 Å². The molecule has 0 unspecified atom stereocenters. The molecule has 0 bridgehead atoms. The molecule has 62 valence electrons. The second-order valence-corrected chi connectivity index (χ2v) is 3.16. The van der Waals surface area contributed by atoms with Crippen molar-refractivity contribution >= 4 is 22.8 Å². The van der Waals surface area contributed by atoms with E-state index in [1.54, 1.807) is 23.9 Å². The maximum absolute atomic E-state index is 10.9. The standard InChI is InChI=1S/C7H6N2O2S/c1-12-5-2-3-6-7(4-5)9(10)11-8-6/h2-4H,1H3. The number of aromatic nitrogens is 2. The Balaban J connectivity index is 2.71. The van der Waals surface area contributed by atoms with Crippen molar-refractivity contribution in [3.05, 3.63) is 23.4 Å². The van der Waals surface area contributed by atoms with Crippen molar-refractivity contribution in [3.8, 4) is 0 Å². The van der Waals surface area contributed by atoms with Gasteiger partial charge in [0.25, 0.3) is 0 Å². The van der Waals surface area contributed by atoms with E-state index < -0.39 is 0 Å². The molecule has 1 aromatic carbocycles. The fourth-order valence-corrected chi connectivity index (χ4v) is 1.41. The minimum absolute atomic E-state index is 0.412. The summed E-state index contributed by atoms with van der Waals surface area (Å²) in [5.74, 6) is 0. The lowest BCUT2D eigenvalue weighted by Gasteiger charge is -1.91. The van der Waals surface area contributed by atoms with Gasteiger partial charge in [-0.2, -0.15) is 0 Å². The Morgan fingerprint density at radius 3 is 3.17 bits per heavy atom. The molecular formula is C7H6N2O2S. The minimum atomic E-state index is 0.412. The summed E-state index contributed by atoms with van der Waals surface area (Å²) in [7, 11) is 0. The van der Waals surface area contributed by atoms with Crippen LogP contribution in [0.3, 0.4) is 0 Å². The number of benzene rings is 1. The molecule has 0 N–H and O–H groups in total. The largest absolute Gasteiger partial charge is 0.359 e. The first kappa shape index (κ1) is 7.42. The molecule has 12 heavy (non-hydrogen) atoms. The lowest BCUT2D eigenvalue weighted by atomic mass is 10.3. The summed E-state index contributed by atoms with van der Waals surface area (Å²) in [6.07, 6.45) is 1.95. The average Bonchev–Trinajstić information content (AvgIpc) is 2.47. The van der Waals surface area contributed by atoms with Gasteiger partial charge in [0.1, 0.15) is 0 Å². The van der Waals surface area contributed by atoms with Gasteiger partial charge in [-0.05, 0) is 23.3 Å². The second-order valence-electron chi connectivity index (χ2n) is 2.28. The molecule has 0 amide bonds. The van der Waals surface area contributed by atoms with Crippen LogP contribution in [-0.4, -0.2) is 11.4 Å². The Labute approximate surface area is 72.7 Å². The van der Waals surface area contributed by atoms with Crippen LogP contribution in [0.25, 0.3) is 11.0 Å². The van der Waals surface area contributed by atoms with Gasteiger partial charge < -0.3 is 5.21 Å². The topological polar surface area (TPSA) is 53.0 Å². The van der Waals surface area contributed by atoms with Gasteiger partial charge in [-0.3, -0.25) is 4.63 Å². The number of nitrogens with zero attached hydrogens (tertiary/aromatic N) is 2. The zero-order valence-electron chi connectivity index (χ0n) is 6.35. The molecule has 0 aliphatic heterocycles. The first-order chi connectivity index (χ1) is 5.81. The van der Waals surface area contributed by atoms with Crippen molar-refractivity contribution in [2.75, 3.05) is 6.26 Å². The predicted molar refractivity (Wildman–Crippen MR) is 44.8 cm³/mol. The van der Waals surface area contributed by atoms with E-state index in [2.05, 4.69) is 9.79 Å². The van der Waals surface area contributed by atoms with Crippen LogP contribution in [0.4, 0.5) is 0 Å². The van der Waals surface area contributed by atoms with E-state index in [0.29, 0.717) is 15.9 Å². The van der Waals surface area contributed by atoms with Gasteiger partial charge in [0.15, 0.2) is 0 Å². The fraction of sp³-hybridized carbons (Fsp3) is 0.143. The predicted octanol–water partition coefficient (Wildman–Crippen LogP) is 1.18. The molecule has 0 aliphatic rings. The number of thioether (sulfide) groups is 1. The van der Waals surface area contributed by atoms with E-state index in [0.717, 1.165) is 4.90 Å². The average molecular weight is 182 g/mol. The number of hydrogen-bond donors (Lipinski definition) is 0. The Morgan fingerprint density at radius 1 is 1.58 bits per heavy atom. The molecule has 0 fully saturated rings. The van der Waals surface area contributed by atoms with E-state index >= 15 is 0 Å². The molecule has 0 atom stereocenters. The zero-order valence-corrected chi connectivity index (χ0v) is 7.17. The van der Waals surface area contributed by atoms with Crippen molar-refractivity contribution < 1.29 is 9.53 Å². The molecule has 0 spiro atoms. The summed E-state index contributed by atoms with van der Waals surface area (Å²) in [5.41, 5.74) is 1.06. The third kappa shape index (κ3) is 1.02. The molecule has 4 nitrogen and oxygen atoms in total. The summed E-state index contributed by atoms with van der Waals surface area (Å²) >= 11 is 1.57. The molecule has 2 rings (SSSR count). The van der Waals surface area contributed by atoms with Crippen LogP contribution in [0.15, 0.2) is 27.7 Å². The van der Waals surface area contributed by atoms with Gasteiger partial charge in [0.2, 0.25) is 11.0 Å². The molecule has 0 aliphatic carbocycles. The van der Waals surface area contributed by atoms with Gasteiger partial charge in [-0.1, -0.05) is 0 Å². The van der Waals surface area contributed by atoms with Gasteiger partial charge in [-0.25, -0.2) is 0 Å². The van der Waals surface area contributed by atoms with Gasteiger partial charge >= 0.3 is 0 Å². The van der Waals surface area contributed by atoms with Crippen molar-refractivity contribution in [3.63, 3.8) is 0 Å². The quantitative estimate of drug-likeness (QED) is 0.491. The van der Waals surface area contributed by atoms with Crippen molar-refractivity contribution in [1.29, 1.82) is 0 Å². The van der Waals surface area contributed by atoms with Gasteiger partial charge in [-0.15, -0.1) is 11.8 Å². The molecular weight excluding hydrogens is 176 g/mol. The second kappa shape index (κ2) is 2.67. The monoisotopic (exact) mass is 182 g/mol. The SMILES string of the molecule is CSc1ccc2no[n+]([O-])c2c1. The van der Waals surface area contributed by atoms with Crippen LogP contribution in [0.2, 0.25) is 0 Å². The van der Waals surface area contributed by atoms with E-state index in [1.807, 2.05) is 12.3 Å². The smallest absolute Gasteiger partial charge is 0.248 e. The van der Waals surface area contributed by atoms with E-state index in [4.69, 9.17) is 0 Å². The van der Waals surface area contributed by atoms with Crippen LogP contribution in [0.5, 0.6) is 0 Å². The molecule has 2 aromatic rings. The number of fused-ring (bicyclic) bond motifs is 1. The van der Waals surface area contributed by atoms with Crippen LogP contribution >= 0.6 is 11.8 Å². The highest BCUT2D eigenvalue weighted by molar-refractivity contribution is 7.98. The molecule has 0 radical (unpaired) electrons. The highest BCUT2D eigenvalue weighted by Gasteiger charge is 2.08. The zero-order chi connectivity index (χ0) is 8.55. The lowest BCUT2D eigenvalue weighted by molar-refractivity contribution is -0.782. The Bertz CT molecular complexity index is 413. The number of rotatable bonds is 1. The van der Waals surface area contributed by atoms with Gasteiger partial charge in [0, 0.05) is 16.1 Å². The van der Waals surface area contributed by atoms with Crippen molar-refractivity contribution in [2.45, 2.75) is 4.90 Å². The Kier molecular flexibility index (Phi) is 1.65. The molecule has 0 saturated heterocycles. The van der Waals surface area contributed by atoms with E-state index in [-0.39, 0.29) is 0 Å². The summed E-state index contributed by atoms with van der Waals surface area (Å²) in [6, 6.07) is 5.41. The first-order valence-electron chi connectivity index (χ1n) is 3.35. The third-order valence-corrected chi connectivity index (χ3v) is 2.32. The van der Waals surface area contributed by atoms with Crippen LogP contribution in [-0.2, 0) is 0 Å². The highest BCUT2D eigenvalue weighted by atomic mass is 32.2. The minimum Gasteiger partial charge on any atom is -0.359 e.